The summed E-state index contributed by atoms with van der Waals surface area (Å²) in [6, 6.07) is 14.4. The number of hydrogen-bond acceptors (Lipinski definition) is 8. The molecule has 1 aliphatic heterocycles. The second-order valence-electron chi connectivity index (χ2n) is 8.68. The van der Waals surface area contributed by atoms with Gasteiger partial charge in [0.15, 0.2) is 0 Å². The standard InChI is InChI=1S/C26H27N7O3/c1-16-7-6-10-20-21(16)25(35)33(18-8-4-3-5-9-18)23(30-20)17(2)29-22-19(15-28-26(27)31-22)24(34)32-11-13-36-14-12-32/h3-10,15,17H,11-14H2,1-2H3,(H3,27,28,29,31). The summed E-state index contributed by atoms with van der Waals surface area (Å²) in [6.07, 6.45) is 1.43. The van der Waals surface area contributed by atoms with E-state index in [0.29, 0.717) is 54.3 Å². The molecule has 3 N–H and O–H groups in total. The van der Waals surface area contributed by atoms with Crippen molar-refractivity contribution in [3.05, 3.63) is 82.0 Å². The highest BCUT2D eigenvalue weighted by atomic mass is 16.5. The van der Waals surface area contributed by atoms with Crippen LogP contribution in [0, 0.1) is 6.92 Å². The zero-order valence-electron chi connectivity index (χ0n) is 20.1. The molecule has 0 saturated carbocycles. The van der Waals surface area contributed by atoms with E-state index in [1.165, 1.54) is 6.20 Å². The van der Waals surface area contributed by atoms with Crippen LogP contribution >= 0.6 is 0 Å². The van der Waals surface area contributed by atoms with E-state index in [-0.39, 0.29) is 23.2 Å². The molecule has 1 unspecified atom stereocenters. The van der Waals surface area contributed by atoms with Crippen molar-refractivity contribution in [1.82, 2.24) is 24.4 Å². The largest absolute Gasteiger partial charge is 0.378 e. The van der Waals surface area contributed by atoms with Crippen molar-refractivity contribution in [1.29, 1.82) is 0 Å². The van der Waals surface area contributed by atoms with E-state index in [4.69, 9.17) is 15.5 Å². The summed E-state index contributed by atoms with van der Waals surface area (Å²) in [5, 5.41) is 3.83. The summed E-state index contributed by atoms with van der Waals surface area (Å²) < 4.78 is 6.96. The molecule has 2 aromatic heterocycles. The number of hydrogen-bond donors (Lipinski definition) is 2. The lowest BCUT2D eigenvalue weighted by Crippen LogP contribution is -2.41. The quantitative estimate of drug-likeness (QED) is 0.442. The molecule has 0 spiro atoms. The van der Waals surface area contributed by atoms with E-state index in [0.717, 1.165) is 5.56 Å². The van der Waals surface area contributed by atoms with Crippen molar-refractivity contribution in [2.75, 3.05) is 37.4 Å². The zero-order valence-corrected chi connectivity index (χ0v) is 20.1. The fourth-order valence-corrected chi connectivity index (χ4v) is 4.40. The lowest BCUT2D eigenvalue weighted by molar-refractivity contribution is 0.0303. The van der Waals surface area contributed by atoms with Crippen molar-refractivity contribution in [3.8, 4) is 5.69 Å². The van der Waals surface area contributed by atoms with Gasteiger partial charge in [0.25, 0.3) is 11.5 Å². The Kier molecular flexibility index (Phi) is 6.34. The number of nitrogens with two attached hydrogens (primary N) is 1. The van der Waals surface area contributed by atoms with Gasteiger partial charge in [-0.15, -0.1) is 0 Å². The minimum Gasteiger partial charge on any atom is -0.378 e. The highest BCUT2D eigenvalue weighted by Crippen LogP contribution is 2.25. The van der Waals surface area contributed by atoms with Gasteiger partial charge in [-0.3, -0.25) is 14.2 Å². The van der Waals surface area contributed by atoms with E-state index in [1.54, 1.807) is 9.47 Å². The third-order valence-electron chi connectivity index (χ3n) is 6.22. The minimum absolute atomic E-state index is 0.0331. The van der Waals surface area contributed by atoms with Crippen LogP contribution < -0.4 is 16.6 Å². The molecular formula is C26H27N7O3. The van der Waals surface area contributed by atoms with Gasteiger partial charge in [-0.2, -0.15) is 4.98 Å². The molecule has 0 radical (unpaired) electrons. The fourth-order valence-electron chi connectivity index (χ4n) is 4.40. The zero-order chi connectivity index (χ0) is 25.2. The first-order valence-electron chi connectivity index (χ1n) is 11.8. The number of amides is 1. The first-order valence-corrected chi connectivity index (χ1v) is 11.8. The molecule has 5 rings (SSSR count). The predicted molar refractivity (Wildman–Crippen MR) is 137 cm³/mol. The smallest absolute Gasteiger partial charge is 0.266 e. The Labute approximate surface area is 207 Å². The van der Waals surface area contributed by atoms with Crippen LogP contribution in [-0.2, 0) is 4.74 Å². The number of morpholine rings is 1. The Balaban J connectivity index is 1.60. The monoisotopic (exact) mass is 485 g/mol. The normalized spacial score (nSPS) is 14.6. The van der Waals surface area contributed by atoms with Crippen molar-refractivity contribution < 1.29 is 9.53 Å². The van der Waals surface area contributed by atoms with Crippen molar-refractivity contribution in [3.63, 3.8) is 0 Å². The SMILES string of the molecule is Cc1cccc2nc(C(C)Nc3nc(N)ncc3C(=O)N3CCOCC3)n(-c3ccccc3)c(=O)c12. The number of nitrogen functional groups attached to an aromatic ring is 1. The molecule has 1 fully saturated rings. The summed E-state index contributed by atoms with van der Waals surface area (Å²) in [6.45, 7) is 5.68. The van der Waals surface area contributed by atoms with Crippen molar-refractivity contribution >= 4 is 28.6 Å². The number of nitrogens with zero attached hydrogens (tertiary/aromatic N) is 5. The molecule has 0 aliphatic carbocycles. The topological polar surface area (TPSA) is 128 Å². The van der Waals surface area contributed by atoms with Crippen LogP contribution in [0.5, 0.6) is 0 Å². The predicted octanol–water partition coefficient (Wildman–Crippen LogP) is 2.71. The van der Waals surface area contributed by atoms with Gasteiger partial charge in [0.1, 0.15) is 17.2 Å². The number of benzene rings is 2. The van der Waals surface area contributed by atoms with Gasteiger partial charge in [0.2, 0.25) is 5.95 Å². The number of carbonyl (C=O) groups is 1. The van der Waals surface area contributed by atoms with E-state index < -0.39 is 6.04 Å². The lowest BCUT2D eigenvalue weighted by Gasteiger charge is -2.28. The Bertz CT molecular complexity index is 1480. The van der Waals surface area contributed by atoms with Gasteiger partial charge in [-0.05, 0) is 37.6 Å². The van der Waals surface area contributed by atoms with E-state index in [2.05, 4.69) is 15.3 Å². The fraction of sp³-hybridized carbons (Fsp3) is 0.269. The molecule has 10 nitrogen and oxygen atoms in total. The number of ether oxygens (including phenoxy) is 1. The highest BCUT2D eigenvalue weighted by Gasteiger charge is 2.25. The molecule has 0 bridgehead atoms. The molecule has 1 amide bonds. The van der Waals surface area contributed by atoms with Crippen molar-refractivity contribution in [2.45, 2.75) is 19.9 Å². The molecule has 3 heterocycles. The van der Waals surface area contributed by atoms with Gasteiger partial charge in [0.05, 0.1) is 35.8 Å². The van der Waals surface area contributed by atoms with Crippen LogP contribution in [0.3, 0.4) is 0 Å². The number of aryl methyl sites for hydroxylation is 1. The molecule has 1 atom stereocenters. The number of para-hydroxylation sites is 1. The third kappa shape index (κ3) is 4.38. The van der Waals surface area contributed by atoms with Crippen LogP contribution in [-0.4, -0.2) is 56.6 Å². The van der Waals surface area contributed by atoms with E-state index in [1.807, 2.05) is 62.4 Å². The second-order valence-corrected chi connectivity index (χ2v) is 8.68. The minimum atomic E-state index is -0.506. The average molecular weight is 486 g/mol. The Morgan fingerprint density at radius 3 is 2.58 bits per heavy atom. The summed E-state index contributed by atoms with van der Waals surface area (Å²) in [5.74, 6) is 0.581. The lowest BCUT2D eigenvalue weighted by atomic mass is 10.1. The van der Waals surface area contributed by atoms with Crippen LogP contribution in [0.25, 0.3) is 16.6 Å². The van der Waals surface area contributed by atoms with Gasteiger partial charge in [-0.1, -0.05) is 30.3 Å². The Morgan fingerprint density at radius 2 is 1.83 bits per heavy atom. The van der Waals surface area contributed by atoms with Crippen LogP contribution in [0.15, 0.2) is 59.5 Å². The number of carbonyl (C=O) groups excluding carboxylic acids is 1. The number of aromatic nitrogens is 4. The molecule has 1 aliphatic rings. The molecule has 4 aromatic rings. The Hall–Kier alpha value is -4.31. The van der Waals surface area contributed by atoms with E-state index in [9.17, 15) is 9.59 Å². The summed E-state index contributed by atoms with van der Waals surface area (Å²) in [4.78, 5) is 41.9. The first-order chi connectivity index (χ1) is 17.4. The summed E-state index contributed by atoms with van der Waals surface area (Å²) in [7, 11) is 0. The number of nitrogens with one attached hydrogen (secondary N) is 1. The van der Waals surface area contributed by atoms with E-state index >= 15 is 0 Å². The third-order valence-corrected chi connectivity index (χ3v) is 6.22. The number of rotatable bonds is 5. The van der Waals surface area contributed by atoms with Gasteiger partial charge in [-0.25, -0.2) is 9.97 Å². The van der Waals surface area contributed by atoms with Crippen molar-refractivity contribution in [2.24, 2.45) is 0 Å². The number of fused-ring (bicyclic) bond motifs is 1. The highest BCUT2D eigenvalue weighted by molar-refractivity contribution is 5.98. The maximum Gasteiger partial charge on any atom is 0.266 e. The van der Waals surface area contributed by atoms with Crippen LogP contribution in [0.1, 0.15) is 34.7 Å². The van der Waals surface area contributed by atoms with Gasteiger partial charge < -0.3 is 20.7 Å². The second kappa shape index (κ2) is 9.74. The molecule has 1 saturated heterocycles. The molecule has 184 valence electrons. The van der Waals surface area contributed by atoms with Gasteiger partial charge >= 0.3 is 0 Å². The maximum atomic E-state index is 13.7. The van der Waals surface area contributed by atoms with Crippen LogP contribution in [0.4, 0.5) is 11.8 Å². The Morgan fingerprint density at radius 1 is 1.08 bits per heavy atom. The number of anilines is 2. The summed E-state index contributed by atoms with van der Waals surface area (Å²) in [5.41, 5.74) is 8.15. The van der Waals surface area contributed by atoms with Gasteiger partial charge in [0, 0.05) is 19.3 Å². The summed E-state index contributed by atoms with van der Waals surface area (Å²) >= 11 is 0. The first kappa shape index (κ1) is 23.4. The molecule has 10 heteroatoms. The molecule has 36 heavy (non-hydrogen) atoms. The average Bonchev–Trinajstić information content (AvgIpc) is 2.89. The van der Waals surface area contributed by atoms with Crippen LogP contribution in [0.2, 0.25) is 0 Å². The molecule has 2 aromatic carbocycles. The molecular weight excluding hydrogens is 458 g/mol. The maximum absolute atomic E-state index is 13.7.